The number of hydrogen-bond donors (Lipinski definition) is 3. The average Bonchev–Trinajstić information content (AvgIpc) is 2.62. The van der Waals surface area contributed by atoms with Gasteiger partial charge in [0.1, 0.15) is 6.54 Å². The molecule has 1 heterocycles. The Bertz CT molecular complexity index is 378. The van der Waals surface area contributed by atoms with Crippen LogP contribution in [-0.4, -0.2) is 40.5 Å². The highest BCUT2D eigenvalue weighted by Gasteiger charge is 2.27. The van der Waals surface area contributed by atoms with E-state index in [9.17, 15) is 18.0 Å². The van der Waals surface area contributed by atoms with Crippen molar-refractivity contribution in [3.05, 3.63) is 0 Å². The van der Waals surface area contributed by atoms with Crippen LogP contribution in [0.2, 0.25) is 0 Å². The number of carbonyl (C=O) groups excluding carboxylic acids is 1. The lowest BCUT2D eigenvalue weighted by Crippen LogP contribution is -2.36. The largest absolute Gasteiger partial charge is 0.463 e. The summed E-state index contributed by atoms with van der Waals surface area (Å²) in [6.45, 7) is 0.613. The topological polar surface area (TPSA) is 91.9 Å². The van der Waals surface area contributed by atoms with Gasteiger partial charge < -0.3 is 10.1 Å². The van der Waals surface area contributed by atoms with Crippen LogP contribution in [0.4, 0.5) is 23.9 Å². The third-order valence-corrected chi connectivity index (χ3v) is 1.42. The van der Waals surface area contributed by atoms with Crippen molar-refractivity contribution in [3.8, 4) is 6.01 Å². The summed E-state index contributed by atoms with van der Waals surface area (Å²) < 4.78 is 40.2. The molecule has 10 heteroatoms. The molecular weight excluding hydrogens is 243 g/mol. The first-order chi connectivity index (χ1) is 7.90. The number of nitrogens with zero attached hydrogens (tertiary/aromatic N) is 2. The van der Waals surface area contributed by atoms with Gasteiger partial charge in [0.25, 0.3) is 0 Å². The minimum atomic E-state index is -4.46. The summed E-state index contributed by atoms with van der Waals surface area (Å²) in [5.41, 5.74) is 0. The van der Waals surface area contributed by atoms with Crippen LogP contribution in [0.1, 0.15) is 6.92 Å². The quantitative estimate of drug-likeness (QED) is 0.743. The Morgan fingerprint density at radius 2 is 2.24 bits per heavy atom. The van der Waals surface area contributed by atoms with Crippen LogP contribution in [0.15, 0.2) is 0 Å². The number of rotatable bonds is 4. The van der Waals surface area contributed by atoms with Gasteiger partial charge in [0.05, 0.1) is 6.61 Å². The van der Waals surface area contributed by atoms with E-state index in [0.29, 0.717) is 6.61 Å². The Kier molecular flexibility index (Phi) is 4.12. The Morgan fingerprint density at radius 1 is 1.53 bits per heavy atom. The number of carbonyl (C=O) groups is 1. The molecule has 1 rings (SSSR count). The molecule has 0 spiro atoms. The first-order valence-electron chi connectivity index (χ1n) is 4.57. The van der Waals surface area contributed by atoms with E-state index in [0.717, 1.165) is 0 Å². The van der Waals surface area contributed by atoms with Gasteiger partial charge in [0.2, 0.25) is 5.95 Å². The third kappa shape index (κ3) is 5.04. The van der Waals surface area contributed by atoms with Gasteiger partial charge in [-0.05, 0) is 6.92 Å². The Hall–Kier alpha value is -2.00. The van der Waals surface area contributed by atoms with E-state index in [1.807, 2.05) is 5.32 Å². The van der Waals surface area contributed by atoms with Gasteiger partial charge in [-0.3, -0.25) is 5.32 Å². The Labute approximate surface area is 93.7 Å². The fourth-order valence-corrected chi connectivity index (χ4v) is 0.828. The number of nitrogens with one attached hydrogen (secondary N) is 3. The van der Waals surface area contributed by atoms with Gasteiger partial charge >= 0.3 is 18.2 Å². The molecule has 0 saturated heterocycles. The molecule has 0 aliphatic rings. The zero-order valence-corrected chi connectivity index (χ0v) is 8.76. The summed E-state index contributed by atoms with van der Waals surface area (Å²) in [7, 11) is 0. The number of halogens is 3. The van der Waals surface area contributed by atoms with Crippen LogP contribution < -0.4 is 15.4 Å². The molecule has 96 valence electrons. The number of urea groups is 1. The van der Waals surface area contributed by atoms with E-state index in [4.69, 9.17) is 4.74 Å². The number of amides is 2. The predicted molar refractivity (Wildman–Crippen MR) is 50.6 cm³/mol. The molecule has 0 radical (unpaired) electrons. The monoisotopic (exact) mass is 253 g/mol. The van der Waals surface area contributed by atoms with Crippen LogP contribution in [0.5, 0.6) is 6.01 Å². The van der Waals surface area contributed by atoms with Crippen LogP contribution in [0.3, 0.4) is 0 Å². The lowest BCUT2D eigenvalue weighted by atomic mass is 10.6. The van der Waals surface area contributed by atoms with Gasteiger partial charge in [-0.15, -0.1) is 5.10 Å². The normalized spacial score (nSPS) is 11.1. The number of alkyl halides is 3. The number of hydrogen-bond acceptors (Lipinski definition) is 4. The summed E-state index contributed by atoms with van der Waals surface area (Å²) in [5, 5.41) is 9.47. The Morgan fingerprint density at radius 3 is 2.82 bits per heavy atom. The fourth-order valence-electron chi connectivity index (χ4n) is 0.828. The second-order valence-electron chi connectivity index (χ2n) is 2.82. The number of ether oxygens (including phenoxy) is 1. The van der Waals surface area contributed by atoms with Crippen molar-refractivity contribution in [2.45, 2.75) is 13.1 Å². The number of H-pyrrole nitrogens is 1. The third-order valence-electron chi connectivity index (χ3n) is 1.42. The van der Waals surface area contributed by atoms with E-state index >= 15 is 0 Å². The summed E-state index contributed by atoms with van der Waals surface area (Å²) in [5.74, 6) is -0.104. The highest BCUT2D eigenvalue weighted by molar-refractivity contribution is 5.87. The number of aromatic amines is 1. The first kappa shape index (κ1) is 13.1. The molecule has 0 unspecified atom stereocenters. The fraction of sp³-hybridized carbons (Fsp3) is 0.571. The standard InChI is InChI=1S/C7H10F3N5O2/c1-2-17-6-13-4(14-15-6)12-5(16)11-3-7(8,9)10/h2-3H2,1H3,(H3,11,12,13,14,15,16). The van der Waals surface area contributed by atoms with Gasteiger partial charge in [-0.1, -0.05) is 0 Å². The van der Waals surface area contributed by atoms with Crippen LogP contribution >= 0.6 is 0 Å². The van der Waals surface area contributed by atoms with Crippen molar-refractivity contribution in [2.75, 3.05) is 18.5 Å². The lowest BCUT2D eigenvalue weighted by molar-refractivity contribution is -0.122. The van der Waals surface area contributed by atoms with Crippen molar-refractivity contribution < 1.29 is 22.7 Å². The summed E-state index contributed by atoms with van der Waals surface area (Å²) >= 11 is 0. The van der Waals surface area contributed by atoms with E-state index < -0.39 is 18.8 Å². The minimum Gasteiger partial charge on any atom is -0.463 e. The highest BCUT2D eigenvalue weighted by atomic mass is 19.4. The van der Waals surface area contributed by atoms with Crippen molar-refractivity contribution in [3.63, 3.8) is 0 Å². The van der Waals surface area contributed by atoms with Crippen molar-refractivity contribution in [1.29, 1.82) is 0 Å². The molecule has 1 aromatic rings. The number of aromatic nitrogens is 3. The van der Waals surface area contributed by atoms with Gasteiger partial charge in [-0.25, -0.2) is 9.89 Å². The molecule has 0 saturated carbocycles. The summed E-state index contributed by atoms with van der Waals surface area (Å²) in [4.78, 5) is 14.6. The Balaban J connectivity index is 2.39. The maximum Gasteiger partial charge on any atom is 0.405 e. The van der Waals surface area contributed by atoms with E-state index in [1.165, 1.54) is 0 Å². The smallest absolute Gasteiger partial charge is 0.405 e. The maximum absolute atomic E-state index is 11.8. The first-order valence-corrected chi connectivity index (χ1v) is 4.57. The average molecular weight is 253 g/mol. The van der Waals surface area contributed by atoms with Crippen LogP contribution in [0, 0.1) is 0 Å². The molecule has 7 nitrogen and oxygen atoms in total. The minimum absolute atomic E-state index is 0.00128. The molecule has 0 bridgehead atoms. The molecular formula is C7H10F3N5O2. The molecule has 1 aromatic heterocycles. The van der Waals surface area contributed by atoms with Gasteiger partial charge in [-0.2, -0.15) is 18.2 Å². The molecule has 0 atom stereocenters. The highest BCUT2D eigenvalue weighted by Crippen LogP contribution is 2.12. The van der Waals surface area contributed by atoms with Crippen molar-refractivity contribution >= 4 is 12.0 Å². The van der Waals surface area contributed by atoms with Gasteiger partial charge in [0, 0.05) is 0 Å². The van der Waals surface area contributed by atoms with E-state index in [-0.39, 0.29) is 12.0 Å². The summed E-state index contributed by atoms with van der Waals surface area (Å²) in [6.07, 6.45) is -4.46. The second-order valence-corrected chi connectivity index (χ2v) is 2.82. The van der Waals surface area contributed by atoms with Crippen LogP contribution in [0.25, 0.3) is 0 Å². The predicted octanol–water partition coefficient (Wildman–Crippen LogP) is 0.887. The lowest BCUT2D eigenvalue weighted by Gasteiger charge is -2.07. The molecule has 0 aliphatic heterocycles. The van der Waals surface area contributed by atoms with E-state index in [2.05, 4.69) is 15.2 Å². The molecule has 0 fully saturated rings. The zero-order chi connectivity index (χ0) is 12.9. The SMILES string of the molecule is CCOc1n[nH]c(NC(=O)NCC(F)(F)F)n1. The van der Waals surface area contributed by atoms with Crippen LogP contribution in [-0.2, 0) is 0 Å². The van der Waals surface area contributed by atoms with Gasteiger partial charge in [0.15, 0.2) is 0 Å². The molecule has 3 N–H and O–H groups in total. The molecule has 0 aliphatic carbocycles. The molecule has 0 aromatic carbocycles. The second kappa shape index (κ2) is 5.37. The maximum atomic E-state index is 11.8. The zero-order valence-electron chi connectivity index (χ0n) is 8.76. The molecule has 17 heavy (non-hydrogen) atoms. The van der Waals surface area contributed by atoms with Crippen molar-refractivity contribution in [1.82, 2.24) is 20.5 Å². The van der Waals surface area contributed by atoms with Crippen molar-refractivity contribution in [2.24, 2.45) is 0 Å². The molecule has 2 amide bonds. The summed E-state index contributed by atoms with van der Waals surface area (Å²) in [6, 6.07) is -1.04. The number of anilines is 1. The van der Waals surface area contributed by atoms with E-state index in [1.54, 1.807) is 12.2 Å².